The van der Waals surface area contributed by atoms with Crippen LogP contribution >= 0.6 is 0 Å². The SMILES string of the molecule is CC(C)(C)c1ccccc1OCCCNc1ccccc1. The lowest BCUT2D eigenvalue weighted by molar-refractivity contribution is 0.306. The van der Waals surface area contributed by atoms with Gasteiger partial charge in [0.15, 0.2) is 0 Å². The number of hydrogen-bond acceptors (Lipinski definition) is 2. The molecule has 0 aromatic heterocycles. The van der Waals surface area contributed by atoms with Gasteiger partial charge in [-0.25, -0.2) is 0 Å². The van der Waals surface area contributed by atoms with Crippen LogP contribution in [0.4, 0.5) is 5.69 Å². The fourth-order valence-corrected chi connectivity index (χ4v) is 2.26. The maximum Gasteiger partial charge on any atom is 0.123 e. The molecule has 0 aliphatic carbocycles. The molecule has 0 radical (unpaired) electrons. The number of ether oxygens (including phenoxy) is 1. The quantitative estimate of drug-likeness (QED) is 0.764. The Labute approximate surface area is 128 Å². The van der Waals surface area contributed by atoms with Gasteiger partial charge in [-0.1, -0.05) is 57.2 Å². The zero-order valence-corrected chi connectivity index (χ0v) is 13.2. The highest BCUT2D eigenvalue weighted by atomic mass is 16.5. The van der Waals surface area contributed by atoms with Crippen molar-refractivity contribution in [1.29, 1.82) is 0 Å². The summed E-state index contributed by atoms with van der Waals surface area (Å²) in [6.07, 6.45) is 0.980. The van der Waals surface area contributed by atoms with Gasteiger partial charge in [0, 0.05) is 12.2 Å². The van der Waals surface area contributed by atoms with Gasteiger partial charge in [-0.3, -0.25) is 0 Å². The van der Waals surface area contributed by atoms with Gasteiger partial charge in [0.25, 0.3) is 0 Å². The summed E-state index contributed by atoms with van der Waals surface area (Å²) in [5, 5.41) is 3.40. The lowest BCUT2D eigenvalue weighted by atomic mass is 9.86. The fourth-order valence-electron chi connectivity index (χ4n) is 2.26. The third-order valence-electron chi connectivity index (χ3n) is 3.38. The van der Waals surface area contributed by atoms with Crippen LogP contribution in [0.25, 0.3) is 0 Å². The van der Waals surface area contributed by atoms with Crippen molar-refractivity contribution in [3.8, 4) is 5.75 Å². The van der Waals surface area contributed by atoms with E-state index in [9.17, 15) is 0 Å². The summed E-state index contributed by atoms with van der Waals surface area (Å²) in [5.74, 6) is 1.00. The Balaban J connectivity index is 1.79. The number of para-hydroxylation sites is 2. The first-order valence-corrected chi connectivity index (χ1v) is 7.58. The zero-order chi connectivity index (χ0) is 15.1. The van der Waals surface area contributed by atoms with Crippen LogP contribution in [0.15, 0.2) is 54.6 Å². The van der Waals surface area contributed by atoms with Crippen LogP contribution in [-0.4, -0.2) is 13.2 Å². The highest BCUT2D eigenvalue weighted by Crippen LogP contribution is 2.30. The number of anilines is 1. The van der Waals surface area contributed by atoms with Crippen LogP contribution in [0, 0.1) is 0 Å². The first kappa shape index (κ1) is 15.4. The molecular formula is C19H25NO. The molecule has 0 saturated heterocycles. The third-order valence-corrected chi connectivity index (χ3v) is 3.38. The van der Waals surface area contributed by atoms with Crippen molar-refractivity contribution in [3.63, 3.8) is 0 Å². The summed E-state index contributed by atoms with van der Waals surface area (Å²) in [4.78, 5) is 0. The fraction of sp³-hybridized carbons (Fsp3) is 0.368. The van der Waals surface area contributed by atoms with Crippen LogP contribution in [0.3, 0.4) is 0 Å². The Kier molecular flexibility index (Phi) is 5.26. The van der Waals surface area contributed by atoms with Gasteiger partial charge in [0.2, 0.25) is 0 Å². The van der Waals surface area contributed by atoms with Gasteiger partial charge >= 0.3 is 0 Å². The van der Waals surface area contributed by atoms with E-state index < -0.39 is 0 Å². The van der Waals surface area contributed by atoms with Gasteiger partial charge < -0.3 is 10.1 Å². The van der Waals surface area contributed by atoms with E-state index in [2.05, 4.69) is 56.4 Å². The van der Waals surface area contributed by atoms with E-state index in [1.54, 1.807) is 0 Å². The van der Waals surface area contributed by atoms with Gasteiger partial charge in [-0.05, 0) is 35.6 Å². The number of hydrogen-bond donors (Lipinski definition) is 1. The monoisotopic (exact) mass is 283 g/mol. The Morgan fingerprint density at radius 1 is 0.905 bits per heavy atom. The molecule has 0 atom stereocenters. The van der Waals surface area contributed by atoms with E-state index in [-0.39, 0.29) is 5.41 Å². The summed E-state index contributed by atoms with van der Waals surface area (Å²) in [6, 6.07) is 18.6. The minimum atomic E-state index is 0.110. The second kappa shape index (κ2) is 7.16. The Hall–Kier alpha value is -1.96. The van der Waals surface area contributed by atoms with Crippen LogP contribution in [0.2, 0.25) is 0 Å². The molecule has 0 unspecified atom stereocenters. The van der Waals surface area contributed by atoms with E-state index in [1.165, 1.54) is 5.56 Å². The number of nitrogens with one attached hydrogen (secondary N) is 1. The third kappa shape index (κ3) is 4.82. The average Bonchev–Trinajstić information content (AvgIpc) is 2.47. The van der Waals surface area contributed by atoms with Crippen molar-refractivity contribution in [1.82, 2.24) is 0 Å². The molecule has 0 fully saturated rings. The number of rotatable bonds is 6. The van der Waals surface area contributed by atoms with E-state index in [0.29, 0.717) is 0 Å². The van der Waals surface area contributed by atoms with Crippen LogP contribution in [-0.2, 0) is 5.41 Å². The lowest BCUT2D eigenvalue weighted by Gasteiger charge is -2.22. The largest absolute Gasteiger partial charge is 0.493 e. The summed E-state index contributed by atoms with van der Waals surface area (Å²) < 4.78 is 5.96. The summed E-state index contributed by atoms with van der Waals surface area (Å²) in [7, 11) is 0. The predicted octanol–water partition coefficient (Wildman–Crippen LogP) is 4.87. The second-order valence-electron chi connectivity index (χ2n) is 6.24. The highest BCUT2D eigenvalue weighted by Gasteiger charge is 2.18. The lowest BCUT2D eigenvalue weighted by Crippen LogP contribution is -2.14. The second-order valence-corrected chi connectivity index (χ2v) is 6.24. The summed E-state index contributed by atoms with van der Waals surface area (Å²) in [6.45, 7) is 8.29. The molecule has 0 saturated carbocycles. The molecule has 0 amide bonds. The topological polar surface area (TPSA) is 21.3 Å². The molecule has 2 heteroatoms. The molecule has 112 valence electrons. The maximum absolute atomic E-state index is 5.96. The molecule has 1 N–H and O–H groups in total. The first-order valence-electron chi connectivity index (χ1n) is 7.58. The first-order chi connectivity index (χ1) is 10.1. The van der Waals surface area contributed by atoms with Gasteiger partial charge in [0.1, 0.15) is 5.75 Å². The standard InChI is InChI=1S/C19H25NO/c1-19(2,3)17-12-7-8-13-18(17)21-15-9-14-20-16-10-5-4-6-11-16/h4-8,10-13,20H,9,14-15H2,1-3H3. The molecule has 0 spiro atoms. The van der Waals surface area contributed by atoms with Crippen molar-refractivity contribution >= 4 is 5.69 Å². The molecule has 2 aromatic rings. The van der Waals surface area contributed by atoms with Gasteiger partial charge in [0.05, 0.1) is 6.61 Å². The molecule has 2 rings (SSSR count). The summed E-state index contributed by atoms with van der Waals surface area (Å²) in [5.41, 5.74) is 2.53. The van der Waals surface area contributed by atoms with Crippen molar-refractivity contribution < 1.29 is 4.74 Å². The van der Waals surface area contributed by atoms with Crippen LogP contribution in [0.5, 0.6) is 5.75 Å². The zero-order valence-electron chi connectivity index (χ0n) is 13.2. The molecule has 0 aliphatic rings. The molecule has 0 aliphatic heterocycles. The molecule has 2 aromatic carbocycles. The minimum Gasteiger partial charge on any atom is -0.493 e. The molecular weight excluding hydrogens is 258 g/mol. The molecule has 21 heavy (non-hydrogen) atoms. The van der Waals surface area contributed by atoms with E-state index >= 15 is 0 Å². The normalized spacial score (nSPS) is 11.2. The van der Waals surface area contributed by atoms with Gasteiger partial charge in [-0.2, -0.15) is 0 Å². The summed E-state index contributed by atoms with van der Waals surface area (Å²) >= 11 is 0. The highest BCUT2D eigenvalue weighted by molar-refractivity contribution is 5.42. The van der Waals surface area contributed by atoms with Crippen molar-refractivity contribution in [2.75, 3.05) is 18.5 Å². The van der Waals surface area contributed by atoms with E-state index in [4.69, 9.17) is 4.74 Å². The van der Waals surface area contributed by atoms with Crippen molar-refractivity contribution in [2.45, 2.75) is 32.6 Å². The van der Waals surface area contributed by atoms with Gasteiger partial charge in [-0.15, -0.1) is 0 Å². The smallest absolute Gasteiger partial charge is 0.123 e. The molecule has 0 heterocycles. The molecule has 0 bridgehead atoms. The maximum atomic E-state index is 5.96. The van der Waals surface area contributed by atoms with E-state index in [1.807, 2.05) is 24.3 Å². The Bertz CT molecular complexity index is 543. The Morgan fingerprint density at radius 2 is 1.57 bits per heavy atom. The molecule has 2 nitrogen and oxygen atoms in total. The Morgan fingerprint density at radius 3 is 2.29 bits per heavy atom. The van der Waals surface area contributed by atoms with Crippen molar-refractivity contribution in [2.24, 2.45) is 0 Å². The van der Waals surface area contributed by atoms with Crippen LogP contribution in [0.1, 0.15) is 32.8 Å². The van der Waals surface area contributed by atoms with E-state index in [0.717, 1.165) is 31.0 Å². The van der Waals surface area contributed by atoms with Crippen molar-refractivity contribution in [3.05, 3.63) is 60.2 Å². The predicted molar refractivity (Wildman–Crippen MR) is 90.2 cm³/mol. The minimum absolute atomic E-state index is 0.110. The number of benzene rings is 2. The average molecular weight is 283 g/mol. The van der Waals surface area contributed by atoms with Crippen LogP contribution < -0.4 is 10.1 Å².